The van der Waals surface area contributed by atoms with E-state index in [1.807, 2.05) is 13.8 Å². The van der Waals surface area contributed by atoms with Gasteiger partial charge in [0.2, 0.25) is 0 Å². The average molecular weight is 271 g/mol. The maximum absolute atomic E-state index is 12.0. The van der Waals surface area contributed by atoms with Crippen LogP contribution in [0.25, 0.3) is 0 Å². The van der Waals surface area contributed by atoms with E-state index in [0.717, 1.165) is 12.2 Å². The number of benzene rings is 1. The Morgan fingerprint density at radius 2 is 1.85 bits per heavy atom. The van der Waals surface area contributed by atoms with Gasteiger partial charge in [0.25, 0.3) is 5.56 Å². The van der Waals surface area contributed by atoms with Crippen molar-refractivity contribution < 1.29 is 0 Å². The minimum atomic E-state index is -0.0566. The van der Waals surface area contributed by atoms with Crippen LogP contribution in [-0.4, -0.2) is 9.97 Å². The fraction of sp³-hybridized carbons (Fsp3) is 0.375. The Morgan fingerprint density at radius 1 is 1.20 bits per heavy atom. The second-order valence-corrected chi connectivity index (χ2v) is 5.24. The number of H-pyrrole nitrogens is 1. The molecule has 1 aromatic heterocycles. The molecule has 1 atom stereocenters. The zero-order valence-electron chi connectivity index (χ0n) is 12.4. The highest BCUT2D eigenvalue weighted by Gasteiger charge is 2.13. The lowest BCUT2D eigenvalue weighted by molar-refractivity contribution is 0.562. The SMILES string of the molecule is Cc1ccc(CNC(C)c2c(C)nc(C)[nH]c2=O)cc1. The van der Waals surface area contributed by atoms with Crippen molar-refractivity contribution in [2.45, 2.75) is 40.3 Å². The van der Waals surface area contributed by atoms with Gasteiger partial charge in [-0.1, -0.05) is 29.8 Å². The molecule has 0 saturated heterocycles. The summed E-state index contributed by atoms with van der Waals surface area (Å²) in [5.41, 5.74) is 3.89. The molecule has 1 aromatic carbocycles. The lowest BCUT2D eigenvalue weighted by Gasteiger charge is -2.15. The van der Waals surface area contributed by atoms with Crippen molar-refractivity contribution in [2.24, 2.45) is 0 Å². The monoisotopic (exact) mass is 271 g/mol. The van der Waals surface area contributed by atoms with E-state index in [9.17, 15) is 4.79 Å². The van der Waals surface area contributed by atoms with Crippen LogP contribution in [-0.2, 0) is 6.54 Å². The van der Waals surface area contributed by atoms with E-state index in [4.69, 9.17) is 0 Å². The van der Waals surface area contributed by atoms with Crippen LogP contribution >= 0.6 is 0 Å². The minimum absolute atomic E-state index is 0.0341. The van der Waals surface area contributed by atoms with Crippen LogP contribution in [0.2, 0.25) is 0 Å². The first-order valence-corrected chi connectivity index (χ1v) is 6.83. The van der Waals surface area contributed by atoms with Crippen LogP contribution in [0.5, 0.6) is 0 Å². The molecule has 20 heavy (non-hydrogen) atoms. The standard InChI is InChI=1S/C16H21N3O/c1-10-5-7-14(8-6-10)9-17-11(2)15-12(3)18-13(4)19-16(15)20/h5-8,11,17H,9H2,1-4H3,(H,18,19,20). The number of nitrogens with one attached hydrogen (secondary N) is 2. The predicted octanol–water partition coefficient (Wildman–Crippen LogP) is 2.55. The summed E-state index contributed by atoms with van der Waals surface area (Å²) >= 11 is 0. The summed E-state index contributed by atoms with van der Waals surface area (Å²) in [5, 5.41) is 3.38. The third-order valence-electron chi connectivity index (χ3n) is 3.43. The molecule has 0 aliphatic carbocycles. The lowest BCUT2D eigenvalue weighted by Crippen LogP contribution is -2.27. The molecule has 0 aliphatic heterocycles. The topological polar surface area (TPSA) is 57.8 Å². The Hall–Kier alpha value is -1.94. The van der Waals surface area contributed by atoms with Gasteiger partial charge in [-0.2, -0.15) is 0 Å². The van der Waals surface area contributed by atoms with Gasteiger partial charge in [0.1, 0.15) is 5.82 Å². The molecule has 1 unspecified atom stereocenters. The van der Waals surface area contributed by atoms with Crippen LogP contribution in [0.1, 0.15) is 41.2 Å². The predicted molar refractivity (Wildman–Crippen MR) is 80.8 cm³/mol. The first-order chi connectivity index (χ1) is 9.47. The van der Waals surface area contributed by atoms with Crippen molar-refractivity contribution in [1.29, 1.82) is 0 Å². The highest BCUT2D eigenvalue weighted by molar-refractivity contribution is 5.23. The maximum atomic E-state index is 12.0. The van der Waals surface area contributed by atoms with E-state index in [-0.39, 0.29) is 11.6 Å². The first kappa shape index (κ1) is 14.5. The van der Waals surface area contributed by atoms with Crippen molar-refractivity contribution in [3.63, 3.8) is 0 Å². The van der Waals surface area contributed by atoms with Gasteiger partial charge in [0.05, 0.1) is 5.56 Å². The first-order valence-electron chi connectivity index (χ1n) is 6.83. The van der Waals surface area contributed by atoms with Gasteiger partial charge < -0.3 is 10.3 Å². The number of aromatic amines is 1. The van der Waals surface area contributed by atoms with Crippen LogP contribution < -0.4 is 10.9 Å². The Labute approximate surface area is 119 Å². The van der Waals surface area contributed by atoms with E-state index in [1.54, 1.807) is 6.92 Å². The second kappa shape index (κ2) is 6.01. The van der Waals surface area contributed by atoms with Crippen LogP contribution in [0, 0.1) is 20.8 Å². The fourth-order valence-electron chi connectivity index (χ4n) is 2.32. The van der Waals surface area contributed by atoms with E-state index in [0.29, 0.717) is 11.4 Å². The van der Waals surface area contributed by atoms with Crippen molar-refractivity contribution >= 4 is 0 Å². The Kier molecular flexibility index (Phi) is 4.35. The second-order valence-electron chi connectivity index (χ2n) is 5.24. The van der Waals surface area contributed by atoms with Crippen molar-refractivity contribution in [2.75, 3.05) is 0 Å². The van der Waals surface area contributed by atoms with Crippen molar-refractivity contribution in [1.82, 2.24) is 15.3 Å². The van der Waals surface area contributed by atoms with Crippen LogP contribution in [0.3, 0.4) is 0 Å². The fourth-order valence-corrected chi connectivity index (χ4v) is 2.32. The smallest absolute Gasteiger partial charge is 0.255 e. The van der Waals surface area contributed by atoms with Gasteiger partial charge in [-0.3, -0.25) is 4.79 Å². The van der Waals surface area contributed by atoms with Gasteiger partial charge in [-0.05, 0) is 33.3 Å². The Balaban J connectivity index is 2.11. The average Bonchev–Trinajstić information content (AvgIpc) is 2.37. The quantitative estimate of drug-likeness (QED) is 0.898. The molecule has 2 rings (SSSR count). The zero-order chi connectivity index (χ0) is 14.7. The van der Waals surface area contributed by atoms with Crippen LogP contribution in [0.4, 0.5) is 0 Å². The normalized spacial score (nSPS) is 12.4. The van der Waals surface area contributed by atoms with Crippen molar-refractivity contribution in [3.05, 3.63) is 62.8 Å². The summed E-state index contributed by atoms with van der Waals surface area (Å²) in [6.07, 6.45) is 0. The molecular weight excluding hydrogens is 250 g/mol. The van der Waals surface area contributed by atoms with Gasteiger partial charge in [0, 0.05) is 18.3 Å². The van der Waals surface area contributed by atoms with E-state index in [2.05, 4.69) is 46.5 Å². The van der Waals surface area contributed by atoms with E-state index >= 15 is 0 Å². The Bertz CT molecular complexity index is 644. The molecule has 0 saturated carbocycles. The summed E-state index contributed by atoms with van der Waals surface area (Å²) in [6.45, 7) is 8.46. The number of nitrogens with zero attached hydrogens (tertiary/aromatic N) is 1. The summed E-state index contributed by atoms with van der Waals surface area (Å²) in [4.78, 5) is 19.1. The van der Waals surface area contributed by atoms with Gasteiger partial charge in [-0.25, -0.2) is 4.98 Å². The summed E-state index contributed by atoms with van der Waals surface area (Å²) in [5.74, 6) is 0.655. The van der Waals surface area contributed by atoms with Gasteiger partial charge >= 0.3 is 0 Å². The van der Waals surface area contributed by atoms with Gasteiger partial charge in [0.15, 0.2) is 0 Å². The molecule has 4 heteroatoms. The molecule has 0 amide bonds. The van der Waals surface area contributed by atoms with Crippen molar-refractivity contribution in [3.8, 4) is 0 Å². The molecule has 4 nitrogen and oxygen atoms in total. The number of hydrogen-bond donors (Lipinski definition) is 2. The molecule has 1 heterocycles. The van der Waals surface area contributed by atoms with Gasteiger partial charge in [-0.15, -0.1) is 0 Å². The minimum Gasteiger partial charge on any atom is -0.310 e. The zero-order valence-corrected chi connectivity index (χ0v) is 12.4. The highest BCUT2D eigenvalue weighted by atomic mass is 16.1. The largest absolute Gasteiger partial charge is 0.310 e. The maximum Gasteiger partial charge on any atom is 0.255 e. The third-order valence-corrected chi connectivity index (χ3v) is 3.43. The summed E-state index contributed by atoms with van der Waals surface area (Å²) in [7, 11) is 0. The Morgan fingerprint density at radius 3 is 2.45 bits per heavy atom. The lowest BCUT2D eigenvalue weighted by atomic mass is 10.1. The molecule has 106 valence electrons. The number of rotatable bonds is 4. The van der Waals surface area contributed by atoms with Crippen LogP contribution in [0.15, 0.2) is 29.1 Å². The third kappa shape index (κ3) is 3.33. The molecular formula is C16H21N3O. The van der Waals surface area contributed by atoms with E-state index < -0.39 is 0 Å². The van der Waals surface area contributed by atoms with E-state index in [1.165, 1.54) is 11.1 Å². The molecule has 0 spiro atoms. The molecule has 0 fully saturated rings. The molecule has 0 bridgehead atoms. The summed E-state index contributed by atoms with van der Waals surface area (Å²) in [6, 6.07) is 8.34. The molecule has 2 N–H and O–H groups in total. The summed E-state index contributed by atoms with van der Waals surface area (Å²) < 4.78 is 0. The number of hydrogen-bond acceptors (Lipinski definition) is 3. The molecule has 0 aliphatic rings. The highest BCUT2D eigenvalue weighted by Crippen LogP contribution is 2.12. The molecule has 2 aromatic rings. The molecule has 0 radical (unpaired) electrons. The number of aryl methyl sites for hydroxylation is 3. The number of aromatic nitrogens is 2.